The minimum Gasteiger partial charge on any atom is -0.365 e. The van der Waals surface area contributed by atoms with E-state index in [-0.39, 0.29) is 0 Å². The zero-order valence-electron chi connectivity index (χ0n) is 7.04. The zero-order valence-corrected chi connectivity index (χ0v) is 7.86. The van der Waals surface area contributed by atoms with Crippen molar-refractivity contribution in [3.05, 3.63) is 0 Å². The molecule has 0 radical (unpaired) electrons. The molecule has 0 saturated heterocycles. The standard InChI is InChI=1S/C8H16O2S/c1-11(9)7-10-8-5-3-2-4-6-8/h8H,2-7H2,1H3. The Morgan fingerprint density at radius 1 is 1.36 bits per heavy atom. The second-order valence-electron chi connectivity index (χ2n) is 3.12. The van der Waals surface area contributed by atoms with Crippen molar-refractivity contribution in [2.24, 2.45) is 0 Å². The van der Waals surface area contributed by atoms with E-state index in [4.69, 9.17) is 4.74 Å². The SMILES string of the molecule is CS(=O)COC1CCCCC1. The summed E-state index contributed by atoms with van der Waals surface area (Å²) in [5.41, 5.74) is 0. The molecule has 0 aromatic carbocycles. The maximum Gasteiger partial charge on any atom is 0.122 e. The molecule has 1 aliphatic carbocycles. The van der Waals surface area contributed by atoms with Crippen molar-refractivity contribution < 1.29 is 8.95 Å². The van der Waals surface area contributed by atoms with Crippen LogP contribution >= 0.6 is 0 Å². The lowest BCUT2D eigenvalue weighted by Gasteiger charge is -2.21. The summed E-state index contributed by atoms with van der Waals surface area (Å²) in [4.78, 5) is 0. The van der Waals surface area contributed by atoms with Crippen LogP contribution in [0, 0.1) is 0 Å². The van der Waals surface area contributed by atoms with Gasteiger partial charge in [-0.1, -0.05) is 19.3 Å². The summed E-state index contributed by atoms with van der Waals surface area (Å²) in [7, 11) is -0.789. The molecule has 1 unspecified atom stereocenters. The first-order valence-corrected chi connectivity index (χ1v) is 5.93. The van der Waals surface area contributed by atoms with E-state index < -0.39 is 10.8 Å². The average molecular weight is 176 g/mol. The van der Waals surface area contributed by atoms with Gasteiger partial charge >= 0.3 is 0 Å². The van der Waals surface area contributed by atoms with Crippen LogP contribution in [0.4, 0.5) is 0 Å². The normalized spacial score (nSPS) is 23.4. The topological polar surface area (TPSA) is 26.3 Å². The van der Waals surface area contributed by atoms with Crippen LogP contribution in [0.3, 0.4) is 0 Å². The predicted octanol–water partition coefficient (Wildman–Crippen LogP) is 1.67. The van der Waals surface area contributed by atoms with E-state index in [9.17, 15) is 4.21 Å². The first kappa shape index (κ1) is 9.20. The third-order valence-corrected chi connectivity index (χ3v) is 2.49. The summed E-state index contributed by atoms with van der Waals surface area (Å²) < 4.78 is 16.1. The smallest absolute Gasteiger partial charge is 0.122 e. The molecule has 0 amide bonds. The van der Waals surface area contributed by atoms with Crippen LogP contribution in [-0.4, -0.2) is 22.5 Å². The third-order valence-electron chi connectivity index (χ3n) is 2.02. The fourth-order valence-electron chi connectivity index (χ4n) is 1.42. The van der Waals surface area contributed by atoms with Gasteiger partial charge < -0.3 is 4.74 Å². The summed E-state index contributed by atoms with van der Waals surface area (Å²) >= 11 is 0. The van der Waals surface area contributed by atoms with Gasteiger partial charge in [-0.3, -0.25) is 4.21 Å². The highest BCUT2D eigenvalue weighted by Gasteiger charge is 2.13. The Morgan fingerprint density at radius 2 is 2.00 bits per heavy atom. The molecule has 1 fully saturated rings. The van der Waals surface area contributed by atoms with Crippen LogP contribution in [0.1, 0.15) is 32.1 Å². The van der Waals surface area contributed by atoms with E-state index >= 15 is 0 Å². The minimum absolute atomic E-state index is 0.396. The molecule has 0 bridgehead atoms. The monoisotopic (exact) mass is 176 g/mol. The molecule has 0 aliphatic heterocycles. The predicted molar refractivity (Wildman–Crippen MR) is 46.9 cm³/mol. The molecule has 1 rings (SSSR count). The highest BCUT2D eigenvalue weighted by molar-refractivity contribution is 7.84. The molecule has 0 aromatic rings. The van der Waals surface area contributed by atoms with Gasteiger partial charge in [0.25, 0.3) is 0 Å². The van der Waals surface area contributed by atoms with Crippen LogP contribution in [0.25, 0.3) is 0 Å². The molecule has 1 atom stereocenters. The summed E-state index contributed by atoms with van der Waals surface area (Å²) in [6, 6.07) is 0. The maximum atomic E-state index is 10.7. The van der Waals surface area contributed by atoms with Crippen LogP contribution in [0.2, 0.25) is 0 Å². The first-order valence-electron chi connectivity index (χ1n) is 4.20. The van der Waals surface area contributed by atoms with Gasteiger partial charge in [0.1, 0.15) is 5.94 Å². The van der Waals surface area contributed by atoms with E-state index in [1.54, 1.807) is 6.26 Å². The van der Waals surface area contributed by atoms with Crippen molar-refractivity contribution in [1.82, 2.24) is 0 Å². The lowest BCUT2D eigenvalue weighted by Crippen LogP contribution is -2.18. The van der Waals surface area contributed by atoms with Crippen molar-refractivity contribution in [1.29, 1.82) is 0 Å². The van der Waals surface area contributed by atoms with Gasteiger partial charge in [-0.05, 0) is 12.8 Å². The third kappa shape index (κ3) is 3.87. The molecule has 3 heteroatoms. The fourth-order valence-corrected chi connectivity index (χ4v) is 1.81. The number of hydrogen-bond acceptors (Lipinski definition) is 2. The second kappa shape index (κ2) is 4.88. The Hall–Kier alpha value is 0.110. The molecular formula is C8H16O2S. The Morgan fingerprint density at radius 3 is 2.55 bits per heavy atom. The molecule has 0 spiro atoms. The molecule has 0 aromatic heterocycles. The van der Waals surface area contributed by atoms with Crippen LogP contribution in [-0.2, 0) is 15.5 Å². The number of ether oxygens (including phenoxy) is 1. The lowest BCUT2D eigenvalue weighted by molar-refractivity contribution is 0.0587. The molecule has 1 aliphatic rings. The van der Waals surface area contributed by atoms with Crippen LogP contribution < -0.4 is 0 Å². The lowest BCUT2D eigenvalue weighted by atomic mass is 9.98. The van der Waals surface area contributed by atoms with Gasteiger partial charge in [-0.15, -0.1) is 0 Å². The average Bonchev–Trinajstić information content (AvgIpc) is 2.03. The van der Waals surface area contributed by atoms with Gasteiger partial charge in [0.15, 0.2) is 0 Å². The highest BCUT2D eigenvalue weighted by Crippen LogP contribution is 2.19. The van der Waals surface area contributed by atoms with E-state index in [1.165, 1.54) is 19.3 Å². The van der Waals surface area contributed by atoms with Crippen LogP contribution in [0.5, 0.6) is 0 Å². The van der Waals surface area contributed by atoms with Gasteiger partial charge in [-0.25, -0.2) is 0 Å². The number of rotatable bonds is 3. The van der Waals surface area contributed by atoms with Crippen molar-refractivity contribution in [2.45, 2.75) is 38.2 Å². The maximum absolute atomic E-state index is 10.7. The van der Waals surface area contributed by atoms with Crippen molar-refractivity contribution >= 4 is 10.8 Å². The van der Waals surface area contributed by atoms with Gasteiger partial charge in [0.2, 0.25) is 0 Å². The Bertz CT molecular complexity index is 130. The molecule has 2 nitrogen and oxygen atoms in total. The fraction of sp³-hybridized carbons (Fsp3) is 1.00. The van der Waals surface area contributed by atoms with Crippen molar-refractivity contribution in [2.75, 3.05) is 12.2 Å². The Labute approximate surface area is 70.8 Å². The van der Waals surface area contributed by atoms with Gasteiger partial charge in [0, 0.05) is 17.1 Å². The highest BCUT2D eigenvalue weighted by atomic mass is 32.2. The Balaban J connectivity index is 2.09. The van der Waals surface area contributed by atoms with E-state index in [0.717, 1.165) is 12.8 Å². The van der Waals surface area contributed by atoms with Crippen molar-refractivity contribution in [3.8, 4) is 0 Å². The first-order chi connectivity index (χ1) is 5.29. The van der Waals surface area contributed by atoms with Gasteiger partial charge in [0.05, 0.1) is 6.10 Å². The molecule has 66 valence electrons. The molecule has 0 N–H and O–H groups in total. The van der Waals surface area contributed by atoms with E-state index in [0.29, 0.717) is 12.0 Å². The summed E-state index contributed by atoms with van der Waals surface area (Å²) in [5, 5.41) is 0. The largest absolute Gasteiger partial charge is 0.365 e. The molecular weight excluding hydrogens is 160 g/mol. The second-order valence-corrected chi connectivity index (χ2v) is 4.50. The molecule has 11 heavy (non-hydrogen) atoms. The Kier molecular flexibility index (Phi) is 4.08. The van der Waals surface area contributed by atoms with E-state index in [2.05, 4.69) is 0 Å². The summed E-state index contributed by atoms with van der Waals surface area (Å²) in [6.07, 6.45) is 8.31. The molecule has 1 saturated carbocycles. The van der Waals surface area contributed by atoms with Crippen LogP contribution in [0.15, 0.2) is 0 Å². The zero-order chi connectivity index (χ0) is 8.10. The number of hydrogen-bond donors (Lipinski definition) is 0. The summed E-state index contributed by atoms with van der Waals surface area (Å²) in [6.45, 7) is 0. The quantitative estimate of drug-likeness (QED) is 0.654. The van der Waals surface area contributed by atoms with Gasteiger partial charge in [-0.2, -0.15) is 0 Å². The summed E-state index contributed by atoms with van der Waals surface area (Å²) in [5.74, 6) is 0.421. The minimum atomic E-state index is -0.789. The molecule has 0 heterocycles. The van der Waals surface area contributed by atoms with Crippen molar-refractivity contribution in [3.63, 3.8) is 0 Å². The van der Waals surface area contributed by atoms with E-state index in [1.807, 2.05) is 0 Å².